The molecule has 0 aliphatic rings. The van der Waals surface area contributed by atoms with Crippen molar-refractivity contribution in [2.45, 2.75) is 13.8 Å². The first-order valence-corrected chi connectivity index (χ1v) is 6.15. The van der Waals surface area contributed by atoms with Gasteiger partial charge in [-0.3, -0.25) is 10.1 Å². The van der Waals surface area contributed by atoms with Crippen molar-refractivity contribution in [2.75, 3.05) is 0 Å². The van der Waals surface area contributed by atoms with Crippen LogP contribution < -0.4 is 4.74 Å². The Labute approximate surface area is 120 Å². The zero-order valence-electron chi connectivity index (χ0n) is 11.5. The third kappa shape index (κ3) is 3.17. The SMILES string of the molecule is Cc1ccc(Oc2cc([N+](=O)[O-])ccc2C(=O)O)cc1C. The molecule has 0 heterocycles. The number of nitro groups is 1. The van der Waals surface area contributed by atoms with Gasteiger partial charge in [0.15, 0.2) is 0 Å². The van der Waals surface area contributed by atoms with E-state index in [1.54, 1.807) is 12.1 Å². The van der Waals surface area contributed by atoms with E-state index in [2.05, 4.69) is 0 Å². The molecular weight excluding hydrogens is 274 g/mol. The fourth-order valence-electron chi connectivity index (χ4n) is 1.79. The van der Waals surface area contributed by atoms with E-state index in [1.165, 1.54) is 0 Å². The van der Waals surface area contributed by atoms with Gasteiger partial charge in [-0.15, -0.1) is 0 Å². The van der Waals surface area contributed by atoms with Gasteiger partial charge in [0.1, 0.15) is 17.1 Å². The number of carboxylic acid groups (broad SMARTS) is 1. The van der Waals surface area contributed by atoms with Crippen molar-refractivity contribution in [1.82, 2.24) is 0 Å². The highest BCUT2D eigenvalue weighted by molar-refractivity contribution is 5.91. The number of hydrogen-bond acceptors (Lipinski definition) is 4. The molecule has 0 aliphatic carbocycles. The lowest BCUT2D eigenvalue weighted by atomic mass is 10.1. The fourth-order valence-corrected chi connectivity index (χ4v) is 1.79. The highest BCUT2D eigenvalue weighted by Gasteiger charge is 2.17. The summed E-state index contributed by atoms with van der Waals surface area (Å²) in [6.45, 7) is 3.84. The summed E-state index contributed by atoms with van der Waals surface area (Å²) >= 11 is 0. The number of hydrogen-bond donors (Lipinski definition) is 1. The van der Waals surface area contributed by atoms with Gasteiger partial charge in [-0.1, -0.05) is 6.07 Å². The molecule has 6 heteroatoms. The molecule has 0 saturated heterocycles. The number of rotatable bonds is 4. The maximum absolute atomic E-state index is 11.2. The highest BCUT2D eigenvalue weighted by atomic mass is 16.6. The molecule has 0 bridgehead atoms. The average molecular weight is 287 g/mol. The zero-order chi connectivity index (χ0) is 15.6. The van der Waals surface area contributed by atoms with E-state index < -0.39 is 10.9 Å². The van der Waals surface area contributed by atoms with Crippen molar-refractivity contribution in [1.29, 1.82) is 0 Å². The quantitative estimate of drug-likeness (QED) is 0.684. The molecule has 0 fully saturated rings. The van der Waals surface area contributed by atoms with Crippen LogP contribution in [-0.2, 0) is 0 Å². The molecular formula is C15H13NO5. The Bertz CT molecular complexity index is 724. The van der Waals surface area contributed by atoms with Crippen LogP contribution in [0.15, 0.2) is 36.4 Å². The van der Waals surface area contributed by atoms with Crippen LogP contribution in [-0.4, -0.2) is 16.0 Å². The fraction of sp³-hybridized carbons (Fsp3) is 0.133. The van der Waals surface area contributed by atoms with E-state index >= 15 is 0 Å². The van der Waals surface area contributed by atoms with Crippen LogP contribution in [0.1, 0.15) is 21.5 Å². The van der Waals surface area contributed by atoms with E-state index in [9.17, 15) is 14.9 Å². The van der Waals surface area contributed by atoms with Gasteiger partial charge in [-0.2, -0.15) is 0 Å². The number of ether oxygens (including phenoxy) is 1. The van der Waals surface area contributed by atoms with E-state index in [-0.39, 0.29) is 17.0 Å². The lowest BCUT2D eigenvalue weighted by Crippen LogP contribution is -2.01. The lowest BCUT2D eigenvalue weighted by Gasteiger charge is -2.10. The predicted molar refractivity (Wildman–Crippen MR) is 76.0 cm³/mol. The van der Waals surface area contributed by atoms with Crippen molar-refractivity contribution >= 4 is 11.7 Å². The smallest absolute Gasteiger partial charge is 0.339 e. The van der Waals surface area contributed by atoms with Gasteiger partial charge >= 0.3 is 5.97 Å². The average Bonchev–Trinajstić information content (AvgIpc) is 2.42. The van der Waals surface area contributed by atoms with Crippen molar-refractivity contribution < 1.29 is 19.6 Å². The van der Waals surface area contributed by atoms with Crippen molar-refractivity contribution in [3.8, 4) is 11.5 Å². The second kappa shape index (κ2) is 5.62. The van der Waals surface area contributed by atoms with Crippen LogP contribution >= 0.6 is 0 Å². The molecule has 0 aromatic heterocycles. The number of aryl methyl sites for hydroxylation is 2. The minimum Gasteiger partial charge on any atom is -0.478 e. The van der Waals surface area contributed by atoms with E-state index in [0.29, 0.717) is 5.75 Å². The predicted octanol–water partition coefficient (Wildman–Crippen LogP) is 3.70. The second-order valence-electron chi connectivity index (χ2n) is 4.59. The van der Waals surface area contributed by atoms with Crippen molar-refractivity contribution in [3.05, 3.63) is 63.2 Å². The van der Waals surface area contributed by atoms with Crippen LogP contribution in [0.2, 0.25) is 0 Å². The summed E-state index contributed by atoms with van der Waals surface area (Å²) in [5.74, 6) is -0.829. The largest absolute Gasteiger partial charge is 0.478 e. The molecule has 0 aliphatic heterocycles. The summed E-state index contributed by atoms with van der Waals surface area (Å²) in [4.78, 5) is 21.4. The number of carboxylic acids is 1. The molecule has 0 radical (unpaired) electrons. The molecule has 2 aromatic rings. The minimum atomic E-state index is -1.20. The highest BCUT2D eigenvalue weighted by Crippen LogP contribution is 2.30. The number of benzene rings is 2. The summed E-state index contributed by atoms with van der Waals surface area (Å²) in [5.41, 5.74) is 1.70. The minimum absolute atomic E-state index is 0.0556. The van der Waals surface area contributed by atoms with E-state index in [1.807, 2.05) is 19.9 Å². The zero-order valence-corrected chi connectivity index (χ0v) is 11.5. The molecule has 1 N–H and O–H groups in total. The van der Waals surface area contributed by atoms with Gasteiger partial charge in [0.2, 0.25) is 0 Å². The van der Waals surface area contributed by atoms with E-state index in [4.69, 9.17) is 9.84 Å². The Balaban J connectivity index is 2.45. The summed E-state index contributed by atoms with van der Waals surface area (Å²) in [7, 11) is 0. The number of non-ortho nitro benzene ring substituents is 1. The monoisotopic (exact) mass is 287 g/mol. The van der Waals surface area contributed by atoms with Gasteiger partial charge in [-0.05, 0) is 43.2 Å². The number of nitrogens with zero attached hydrogens (tertiary/aromatic N) is 1. The summed E-state index contributed by atoms with van der Waals surface area (Å²) < 4.78 is 5.51. The van der Waals surface area contributed by atoms with Crippen LogP contribution in [0, 0.1) is 24.0 Å². The number of aromatic carboxylic acids is 1. The van der Waals surface area contributed by atoms with Gasteiger partial charge < -0.3 is 9.84 Å². The topological polar surface area (TPSA) is 89.7 Å². The van der Waals surface area contributed by atoms with Crippen LogP contribution in [0.5, 0.6) is 11.5 Å². The number of nitro benzene ring substituents is 1. The Morgan fingerprint density at radius 1 is 1.14 bits per heavy atom. The van der Waals surface area contributed by atoms with Crippen LogP contribution in [0.3, 0.4) is 0 Å². The molecule has 0 spiro atoms. The lowest BCUT2D eigenvalue weighted by molar-refractivity contribution is -0.384. The summed E-state index contributed by atoms with van der Waals surface area (Å²) in [6, 6.07) is 8.68. The molecule has 21 heavy (non-hydrogen) atoms. The first-order chi connectivity index (χ1) is 9.88. The third-order valence-corrected chi connectivity index (χ3v) is 3.11. The van der Waals surface area contributed by atoms with Crippen molar-refractivity contribution in [3.63, 3.8) is 0 Å². The molecule has 6 nitrogen and oxygen atoms in total. The molecule has 0 atom stereocenters. The molecule has 0 amide bonds. The van der Waals surface area contributed by atoms with E-state index in [0.717, 1.165) is 29.3 Å². The standard InChI is InChI=1S/C15H13NO5/c1-9-3-5-12(7-10(9)2)21-14-8-11(16(19)20)4-6-13(14)15(17)18/h3-8H,1-2H3,(H,17,18). The van der Waals surface area contributed by atoms with Crippen LogP contribution in [0.4, 0.5) is 5.69 Å². The molecule has 108 valence electrons. The van der Waals surface area contributed by atoms with Gasteiger partial charge in [0.25, 0.3) is 5.69 Å². The van der Waals surface area contributed by atoms with Crippen molar-refractivity contribution in [2.24, 2.45) is 0 Å². The first-order valence-electron chi connectivity index (χ1n) is 6.15. The Morgan fingerprint density at radius 2 is 1.86 bits per heavy atom. The third-order valence-electron chi connectivity index (χ3n) is 3.11. The molecule has 2 aromatic carbocycles. The second-order valence-corrected chi connectivity index (χ2v) is 4.59. The Hall–Kier alpha value is -2.89. The first kappa shape index (κ1) is 14.5. The van der Waals surface area contributed by atoms with Gasteiger partial charge in [-0.25, -0.2) is 4.79 Å². The summed E-state index contributed by atoms with van der Waals surface area (Å²) in [6.07, 6.45) is 0. The maximum atomic E-state index is 11.2. The molecule has 2 rings (SSSR count). The number of carbonyl (C=O) groups is 1. The molecule has 0 saturated carbocycles. The summed E-state index contributed by atoms with van der Waals surface area (Å²) in [5, 5.41) is 19.9. The van der Waals surface area contributed by atoms with Gasteiger partial charge in [0, 0.05) is 6.07 Å². The normalized spacial score (nSPS) is 10.2. The Kier molecular flexibility index (Phi) is 3.89. The maximum Gasteiger partial charge on any atom is 0.339 e. The van der Waals surface area contributed by atoms with Crippen LogP contribution in [0.25, 0.3) is 0 Å². The van der Waals surface area contributed by atoms with Gasteiger partial charge in [0.05, 0.1) is 11.0 Å². The molecule has 0 unspecified atom stereocenters. The Morgan fingerprint density at radius 3 is 2.43 bits per heavy atom.